The summed E-state index contributed by atoms with van der Waals surface area (Å²) < 4.78 is 27.7. The third-order valence-corrected chi connectivity index (χ3v) is 5.17. The van der Waals surface area contributed by atoms with Crippen LogP contribution in [0.4, 0.5) is 14.6 Å². The van der Waals surface area contributed by atoms with Crippen molar-refractivity contribution in [1.82, 2.24) is 15.0 Å². The van der Waals surface area contributed by atoms with Crippen molar-refractivity contribution in [2.45, 2.75) is 12.8 Å². The number of carbonyl (C=O) groups is 1. The van der Waals surface area contributed by atoms with Crippen molar-refractivity contribution < 1.29 is 13.6 Å². The molecule has 7 heteroatoms. The average molecular weight is 402 g/mol. The van der Waals surface area contributed by atoms with Crippen LogP contribution in [-0.4, -0.2) is 27.4 Å². The number of amides is 1. The lowest BCUT2D eigenvalue weighted by Crippen LogP contribution is -2.25. The number of hydrogen-bond donors (Lipinski definition) is 0. The third-order valence-electron chi connectivity index (χ3n) is 5.17. The van der Waals surface area contributed by atoms with E-state index in [1.54, 1.807) is 41.6 Å². The highest BCUT2D eigenvalue weighted by molar-refractivity contribution is 6.03. The van der Waals surface area contributed by atoms with Gasteiger partial charge in [-0.1, -0.05) is 6.07 Å². The van der Waals surface area contributed by atoms with E-state index in [1.165, 1.54) is 12.1 Å². The van der Waals surface area contributed by atoms with E-state index in [0.29, 0.717) is 41.1 Å². The van der Waals surface area contributed by atoms with Gasteiger partial charge in [0.2, 0.25) is 5.91 Å². The summed E-state index contributed by atoms with van der Waals surface area (Å²) in [5.74, 6) is -0.340. The molecule has 0 N–H and O–H groups in total. The minimum Gasteiger partial charge on any atom is -0.296 e. The van der Waals surface area contributed by atoms with Crippen LogP contribution < -0.4 is 4.90 Å². The summed E-state index contributed by atoms with van der Waals surface area (Å²) in [7, 11) is 0. The second-order valence-electron chi connectivity index (χ2n) is 7.12. The molecule has 0 unspecified atom stereocenters. The van der Waals surface area contributed by atoms with Crippen molar-refractivity contribution in [3.05, 3.63) is 72.6 Å². The van der Waals surface area contributed by atoms with Crippen LogP contribution in [0.15, 0.2) is 60.9 Å². The highest BCUT2D eigenvalue weighted by atomic mass is 19.1. The fourth-order valence-electron chi connectivity index (χ4n) is 3.71. The Hall–Kier alpha value is -3.74. The van der Waals surface area contributed by atoms with E-state index < -0.39 is 11.6 Å². The van der Waals surface area contributed by atoms with E-state index in [1.807, 2.05) is 6.07 Å². The Morgan fingerprint density at radius 2 is 1.87 bits per heavy atom. The number of pyridine rings is 1. The van der Waals surface area contributed by atoms with Gasteiger partial charge in [0.1, 0.15) is 17.5 Å². The van der Waals surface area contributed by atoms with Crippen LogP contribution in [0.3, 0.4) is 0 Å². The number of halogens is 2. The number of fused-ring (bicyclic) bond motifs is 1. The molecule has 2 aromatic carbocycles. The Labute approximate surface area is 171 Å². The van der Waals surface area contributed by atoms with Gasteiger partial charge in [-0.05, 0) is 48.4 Å². The monoisotopic (exact) mass is 402 g/mol. The molecule has 0 spiro atoms. The molecule has 30 heavy (non-hydrogen) atoms. The van der Waals surface area contributed by atoms with Gasteiger partial charge in [-0.15, -0.1) is 0 Å². The second-order valence-corrected chi connectivity index (χ2v) is 7.12. The molecule has 1 aliphatic heterocycles. The number of carbonyl (C=O) groups excluding carboxylic acids is 1. The SMILES string of the molecule is O=C1CCCN1c1nc(-c2cccnc2)nc2ccc(-c3ccc(F)cc3F)cc12. The Bertz CT molecular complexity index is 1280. The summed E-state index contributed by atoms with van der Waals surface area (Å²) in [5.41, 5.74) is 2.20. The first-order valence-corrected chi connectivity index (χ1v) is 9.58. The molecule has 4 aromatic rings. The van der Waals surface area contributed by atoms with Crippen LogP contribution in [0.25, 0.3) is 33.4 Å². The standard InChI is InChI=1S/C23H16F2N4O/c24-16-6-7-17(19(25)12-16)14-5-8-20-18(11-14)23(29-10-2-4-21(29)30)28-22(27-20)15-3-1-9-26-13-15/h1,3,5-9,11-13H,2,4,10H2. The number of rotatable bonds is 3. The van der Waals surface area contributed by atoms with Crippen molar-refractivity contribution in [2.75, 3.05) is 11.4 Å². The summed E-state index contributed by atoms with van der Waals surface area (Å²) in [6.45, 7) is 0.562. The van der Waals surface area contributed by atoms with E-state index in [-0.39, 0.29) is 11.5 Å². The highest BCUT2D eigenvalue weighted by Crippen LogP contribution is 2.34. The van der Waals surface area contributed by atoms with Gasteiger partial charge in [0, 0.05) is 47.9 Å². The molecule has 5 rings (SSSR count). The lowest BCUT2D eigenvalue weighted by atomic mass is 10.0. The molecule has 0 radical (unpaired) electrons. The lowest BCUT2D eigenvalue weighted by molar-refractivity contribution is -0.117. The summed E-state index contributed by atoms with van der Waals surface area (Å²) in [5, 5.41) is 0.638. The highest BCUT2D eigenvalue weighted by Gasteiger charge is 2.26. The first-order chi connectivity index (χ1) is 14.6. The number of benzene rings is 2. The van der Waals surface area contributed by atoms with E-state index in [4.69, 9.17) is 0 Å². The van der Waals surface area contributed by atoms with Crippen molar-refractivity contribution in [1.29, 1.82) is 0 Å². The molecule has 2 aromatic heterocycles. The smallest absolute Gasteiger partial charge is 0.228 e. The number of hydrogen-bond acceptors (Lipinski definition) is 4. The van der Waals surface area contributed by atoms with Gasteiger partial charge < -0.3 is 0 Å². The fourth-order valence-corrected chi connectivity index (χ4v) is 3.71. The number of nitrogens with zero attached hydrogens (tertiary/aromatic N) is 4. The molecule has 0 aliphatic carbocycles. The van der Waals surface area contributed by atoms with E-state index in [2.05, 4.69) is 15.0 Å². The molecule has 5 nitrogen and oxygen atoms in total. The van der Waals surface area contributed by atoms with Gasteiger partial charge in [-0.25, -0.2) is 18.7 Å². The maximum absolute atomic E-state index is 14.3. The maximum Gasteiger partial charge on any atom is 0.228 e. The number of anilines is 1. The first-order valence-electron chi connectivity index (χ1n) is 9.58. The molecule has 148 valence electrons. The molecule has 0 atom stereocenters. The Kier molecular flexibility index (Phi) is 4.43. The van der Waals surface area contributed by atoms with Crippen LogP contribution in [0.2, 0.25) is 0 Å². The van der Waals surface area contributed by atoms with Crippen molar-refractivity contribution in [2.24, 2.45) is 0 Å². The summed E-state index contributed by atoms with van der Waals surface area (Å²) >= 11 is 0. The predicted octanol–water partition coefficient (Wildman–Crippen LogP) is 4.76. The minimum absolute atomic E-state index is 0.00879. The maximum atomic E-state index is 14.3. The Morgan fingerprint density at radius 1 is 0.967 bits per heavy atom. The van der Waals surface area contributed by atoms with E-state index in [9.17, 15) is 13.6 Å². The Morgan fingerprint density at radius 3 is 2.60 bits per heavy atom. The van der Waals surface area contributed by atoms with Gasteiger partial charge in [0.15, 0.2) is 5.82 Å². The van der Waals surface area contributed by atoms with Crippen LogP contribution in [0.5, 0.6) is 0 Å². The molecular formula is C23H16F2N4O. The normalized spacial score (nSPS) is 13.9. The molecule has 1 amide bonds. The summed E-state index contributed by atoms with van der Waals surface area (Å²) in [4.78, 5) is 27.5. The van der Waals surface area contributed by atoms with Crippen LogP contribution in [0.1, 0.15) is 12.8 Å². The zero-order valence-electron chi connectivity index (χ0n) is 15.8. The van der Waals surface area contributed by atoms with E-state index >= 15 is 0 Å². The van der Waals surface area contributed by atoms with Gasteiger partial charge in [-0.2, -0.15) is 0 Å². The predicted molar refractivity (Wildman–Crippen MR) is 110 cm³/mol. The average Bonchev–Trinajstić information content (AvgIpc) is 3.19. The minimum atomic E-state index is -0.652. The molecule has 1 aliphatic rings. The topological polar surface area (TPSA) is 59.0 Å². The third kappa shape index (κ3) is 3.18. The fraction of sp³-hybridized carbons (Fsp3) is 0.130. The molecule has 0 saturated carbocycles. The molecule has 1 fully saturated rings. The van der Waals surface area contributed by atoms with Crippen LogP contribution in [0, 0.1) is 11.6 Å². The van der Waals surface area contributed by atoms with Crippen LogP contribution >= 0.6 is 0 Å². The molecule has 3 heterocycles. The van der Waals surface area contributed by atoms with Gasteiger partial charge >= 0.3 is 0 Å². The van der Waals surface area contributed by atoms with E-state index in [0.717, 1.165) is 18.1 Å². The van der Waals surface area contributed by atoms with Crippen molar-refractivity contribution >= 4 is 22.6 Å². The first kappa shape index (κ1) is 18.3. The second kappa shape index (κ2) is 7.26. The van der Waals surface area contributed by atoms with Crippen molar-refractivity contribution in [3.63, 3.8) is 0 Å². The van der Waals surface area contributed by atoms with Gasteiger partial charge in [-0.3, -0.25) is 14.7 Å². The molecule has 0 bridgehead atoms. The van der Waals surface area contributed by atoms with Gasteiger partial charge in [0.05, 0.1) is 5.52 Å². The zero-order valence-corrected chi connectivity index (χ0v) is 15.8. The Balaban J connectivity index is 1.73. The quantitative estimate of drug-likeness (QED) is 0.496. The molecular weight excluding hydrogens is 386 g/mol. The summed E-state index contributed by atoms with van der Waals surface area (Å²) in [6.07, 6.45) is 4.54. The van der Waals surface area contributed by atoms with Gasteiger partial charge in [0.25, 0.3) is 0 Å². The molecule has 1 saturated heterocycles. The largest absolute Gasteiger partial charge is 0.296 e. The van der Waals surface area contributed by atoms with Crippen LogP contribution in [-0.2, 0) is 4.79 Å². The summed E-state index contributed by atoms with van der Waals surface area (Å²) in [6, 6.07) is 12.4. The zero-order chi connectivity index (χ0) is 20.7. The number of aromatic nitrogens is 3. The lowest BCUT2D eigenvalue weighted by Gasteiger charge is -2.18. The van der Waals surface area contributed by atoms with Crippen molar-refractivity contribution in [3.8, 4) is 22.5 Å².